The molecule has 0 saturated heterocycles. The fourth-order valence-electron chi connectivity index (χ4n) is 2.60. The molecule has 0 aliphatic carbocycles. The highest BCUT2D eigenvalue weighted by molar-refractivity contribution is 14.0. The lowest BCUT2D eigenvalue weighted by molar-refractivity contribution is -0.127. The molecule has 0 spiro atoms. The number of amides is 1. The molecular formula is C22H30ClIN4O2. The minimum Gasteiger partial charge on any atom is -0.497 e. The van der Waals surface area contributed by atoms with Gasteiger partial charge in [0.15, 0.2) is 5.96 Å². The first kappa shape index (κ1) is 26.0. The number of carbonyl (C=O) groups is 1. The second kappa shape index (κ2) is 14.1. The molecule has 8 heteroatoms. The molecule has 0 unspecified atom stereocenters. The van der Waals surface area contributed by atoms with Gasteiger partial charge in [0.25, 0.3) is 0 Å². The summed E-state index contributed by atoms with van der Waals surface area (Å²) in [6.07, 6.45) is 1.59. The van der Waals surface area contributed by atoms with Crippen LogP contribution in [0.25, 0.3) is 0 Å². The van der Waals surface area contributed by atoms with E-state index in [0.29, 0.717) is 19.0 Å². The number of nitrogens with one attached hydrogen (secondary N) is 2. The third-order valence-corrected chi connectivity index (χ3v) is 4.75. The Morgan fingerprint density at radius 2 is 1.67 bits per heavy atom. The van der Waals surface area contributed by atoms with E-state index in [9.17, 15) is 4.79 Å². The van der Waals surface area contributed by atoms with Gasteiger partial charge in [0, 0.05) is 32.2 Å². The van der Waals surface area contributed by atoms with Gasteiger partial charge in [-0.15, -0.1) is 24.0 Å². The van der Waals surface area contributed by atoms with Gasteiger partial charge in [0.05, 0.1) is 7.11 Å². The molecule has 164 valence electrons. The maximum atomic E-state index is 11.9. The van der Waals surface area contributed by atoms with E-state index >= 15 is 0 Å². The summed E-state index contributed by atoms with van der Waals surface area (Å²) >= 11 is 6.22. The Morgan fingerprint density at radius 3 is 2.27 bits per heavy atom. The van der Waals surface area contributed by atoms with Gasteiger partial charge in [-0.1, -0.05) is 41.9 Å². The van der Waals surface area contributed by atoms with Crippen molar-refractivity contribution < 1.29 is 9.53 Å². The largest absolute Gasteiger partial charge is 0.497 e. The predicted octanol–water partition coefficient (Wildman–Crippen LogP) is 3.38. The van der Waals surface area contributed by atoms with E-state index in [2.05, 4.69) is 15.6 Å². The SMILES string of the molecule is COc1ccc(CCNC(=NCC(=O)N(C)C)NCCc2ccccc2Cl)cc1.I. The normalized spacial score (nSPS) is 10.7. The number of benzene rings is 2. The van der Waals surface area contributed by atoms with Gasteiger partial charge in [-0.2, -0.15) is 0 Å². The number of methoxy groups -OCH3 is 1. The van der Waals surface area contributed by atoms with Crippen molar-refractivity contribution >= 4 is 47.4 Å². The first-order valence-electron chi connectivity index (χ1n) is 9.58. The van der Waals surface area contributed by atoms with Crippen molar-refractivity contribution in [3.05, 3.63) is 64.7 Å². The molecule has 0 heterocycles. The molecule has 0 radical (unpaired) electrons. The summed E-state index contributed by atoms with van der Waals surface area (Å²) in [5.74, 6) is 1.40. The molecule has 2 aromatic carbocycles. The highest BCUT2D eigenvalue weighted by Crippen LogP contribution is 2.14. The molecule has 2 aromatic rings. The van der Waals surface area contributed by atoms with Gasteiger partial charge in [-0.05, 0) is 42.2 Å². The maximum absolute atomic E-state index is 11.9. The third kappa shape index (κ3) is 9.21. The topological polar surface area (TPSA) is 66.0 Å². The van der Waals surface area contributed by atoms with Crippen LogP contribution < -0.4 is 15.4 Å². The number of ether oxygens (including phenoxy) is 1. The highest BCUT2D eigenvalue weighted by Gasteiger charge is 2.05. The van der Waals surface area contributed by atoms with Crippen molar-refractivity contribution in [2.75, 3.05) is 40.8 Å². The van der Waals surface area contributed by atoms with Crippen molar-refractivity contribution in [3.63, 3.8) is 0 Å². The number of rotatable bonds is 9. The quantitative estimate of drug-likeness (QED) is 0.289. The van der Waals surface area contributed by atoms with Crippen molar-refractivity contribution in [1.82, 2.24) is 15.5 Å². The zero-order chi connectivity index (χ0) is 21.1. The molecule has 0 aromatic heterocycles. The Labute approximate surface area is 201 Å². The molecule has 0 aliphatic rings. The average Bonchev–Trinajstić information content (AvgIpc) is 2.73. The first-order valence-corrected chi connectivity index (χ1v) is 9.96. The summed E-state index contributed by atoms with van der Waals surface area (Å²) in [5, 5.41) is 7.33. The number of nitrogens with zero attached hydrogens (tertiary/aromatic N) is 2. The van der Waals surface area contributed by atoms with Gasteiger partial charge in [-0.3, -0.25) is 4.79 Å². The molecule has 0 fully saturated rings. The van der Waals surface area contributed by atoms with Crippen LogP contribution in [0.5, 0.6) is 5.75 Å². The van der Waals surface area contributed by atoms with Gasteiger partial charge in [-0.25, -0.2) is 4.99 Å². The zero-order valence-corrected chi connectivity index (χ0v) is 20.7. The zero-order valence-electron chi connectivity index (χ0n) is 17.7. The minimum absolute atomic E-state index is 0. The molecule has 2 N–H and O–H groups in total. The van der Waals surface area contributed by atoms with Crippen LogP contribution in [0, 0.1) is 0 Å². The molecular weight excluding hydrogens is 515 g/mol. The summed E-state index contributed by atoms with van der Waals surface area (Å²) in [6, 6.07) is 15.8. The van der Waals surface area contributed by atoms with E-state index in [-0.39, 0.29) is 36.4 Å². The van der Waals surface area contributed by atoms with Crippen LogP contribution >= 0.6 is 35.6 Å². The number of carbonyl (C=O) groups excluding carboxylic acids is 1. The molecule has 0 atom stereocenters. The number of halogens is 2. The molecule has 1 amide bonds. The van der Waals surface area contributed by atoms with Gasteiger partial charge < -0.3 is 20.3 Å². The summed E-state index contributed by atoms with van der Waals surface area (Å²) < 4.78 is 5.18. The van der Waals surface area contributed by atoms with Crippen molar-refractivity contribution in [3.8, 4) is 5.75 Å². The number of likely N-dealkylation sites (N-methyl/N-ethyl adjacent to an activating group) is 1. The lowest BCUT2D eigenvalue weighted by atomic mass is 10.1. The first-order chi connectivity index (χ1) is 14.0. The Bertz CT molecular complexity index is 813. The predicted molar refractivity (Wildman–Crippen MR) is 134 cm³/mol. The number of hydrogen-bond acceptors (Lipinski definition) is 3. The number of hydrogen-bond donors (Lipinski definition) is 2. The van der Waals surface area contributed by atoms with Crippen molar-refractivity contribution in [2.45, 2.75) is 12.8 Å². The molecule has 0 bridgehead atoms. The van der Waals surface area contributed by atoms with Gasteiger partial charge in [0.1, 0.15) is 12.3 Å². The van der Waals surface area contributed by atoms with Crippen LogP contribution in [0.2, 0.25) is 5.02 Å². The smallest absolute Gasteiger partial charge is 0.243 e. The van der Waals surface area contributed by atoms with E-state index in [4.69, 9.17) is 16.3 Å². The van der Waals surface area contributed by atoms with E-state index in [0.717, 1.165) is 29.2 Å². The molecule has 2 rings (SSSR count). The standard InChI is InChI=1S/C22H29ClN4O2.HI/c1-27(2)21(28)16-26-22(25-15-13-18-6-4-5-7-20(18)23)24-14-12-17-8-10-19(29-3)11-9-17;/h4-11H,12-16H2,1-3H3,(H2,24,25,26);1H. The molecule has 30 heavy (non-hydrogen) atoms. The Kier molecular flexibility index (Phi) is 12.2. The van der Waals surface area contributed by atoms with Crippen LogP contribution in [0.15, 0.2) is 53.5 Å². The monoisotopic (exact) mass is 544 g/mol. The van der Waals surface area contributed by atoms with Crippen molar-refractivity contribution in [2.24, 2.45) is 4.99 Å². The molecule has 0 aliphatic heterocycles. The Hall–Kier alpha value is -2.00. The summed E-state index contributed by atoms with van der Waals surface area (Å²) in [7, 11) is 5.10. The van der Waals surface area contributed by atoms with Gasteiger partial charge >= 0.3 is 0 Å². The van der Waals surface area contributed by atoms with Crippen LogP contribution in [-0.4, -0.2) is 57.6 Å². The Balaban J connectivity index is 0.00000450. The number of guanidine groups is 1. The summed E-state index contributed by atoms with van der Waals surface area (Å²) in [4.78, 5) is 17.8. The fraction of sp³-hybridized carbons (Fsp3) is 0.364. The van der Waals surface area contributed by atoms with Crippen LogP contribution in [0.1, 0.15) is 11.1 Å². The highest BCUT2D eigenvalue weighted by atomic mass is 127. The molecule has 0 saturated carbocycles. The van der Waals surface area contributed by atoms with E-state index in [1.54, 1.807) is 21.2 Å². The summed E-state index contributed by atoms with van der Waals surface area (Å²) in [5.41, 5.74) is 2.27. The minimum atomic E-state index is -0.0487. The third-order valence-electron chi connectivity index (χ3n) is 4.38. The lowest BCUT2D eigenvalue weighted by Crippen LogP contribution is -2.40. The van der Waals surface area contributed by atoms with E-state index in [1.807, 2.05) is 48.5 Å². The van der Waals surface area contributed by atoms with Crippen LogP contribution in [-0.2, 0) is 17.6 Å². The second-order valence-corrected chi connectivity index (χ2v) is 7.15. The maximum Gasteiger partial charge on any atom is 0.243 e. The molecule has 6 nitrogen and oxygen atoms in total. The lowest BCUT2D eigenvalue weighted by Gasteiger charge is -2.14. The Morgan fingerprint density at radius 1 is 1.03 bits per heavy atom. The number of aliphatic imine (C=N–C) groups is 1. The van der Waals surface area contributed by atoms with Crippen molar-refractivity contribution in [1.29, 1.82) is 0 Å². The second-order valence-electron chi connectivity index (χ2n) is 6.75. The van der Waals surface area contributed by atoms with E-state index in [1.165, 1.54) is 10.5 Å². The summed E-state index contributed by atoms with van der Waals surface area (Å²) in [6.45, 7) is 1.45. The van der Waals surface area contributed by atoms with E-state index < -0.39 is 0 Å². The van der Waals surface area contributed by atoms with Crippen LogP contribution in [0.4, 0.5) is 0 Å². The van der Waals surface area contributed by atoms with Crippen LogP contribution in [0.3, 0.4) is 0 Å². The van der Waals surface area contributed by atoms with Gasteiger partial charge in [0.2, 0.25) is 5.91 Å². The average molecular weight is 545 g/mol. The fourth-order valence-corrected chi connectivity index (χ4v) is 2.83.